The monoisotopic (exact) mass is 233 g/mol. The van der Waals surface area contributed by atoms with Gasteiger partial charge in [-0.3, -0.25) is 0 Å². The lowest BCUT2D eigenvalue weighted by molar-refractivity contribution is 0.538. The van der Waals surface area contributed by atoms with Crippen LogP contribution in [0.4, 0.5) is 0 Å². The van der Waals surface area contributed by atoms with E-state index in [0.717, 1.165) is 25.2 Å². The maximum absolute atomic E-state index is 5.81. The average molecular weight is 233 g/mol. The highest BCUT2D eigenvalue weighted by Crippen LogP contribution is 2.28. The molecule has 17 heavy (non-hydrogen) atoms. The zero-order valence-electron chi connectivity index (χ0n) is 10.7. The molecular formula is C14H23N3. The summed E-state index contributed by atoms with van der Waals surface area (Å²) >= 11 is 0. The molecule has 2 N–H and O–H groups in total. The third kappa shape index (κ3) is 3.77. The first-order chi connectivity index (χ1) is 8.25. The van der Waals surface area contributed by atoms with Crippen molar-refractivity contribution in [3.05, 3.63) is 23.8 Å². The maximum atomic E-state index is 5.81. The summed E-state index contributed by atoms with van der Waals surface area (Å²) in [6.45, 7) is 2.05. The summed E-state index contributed by atoms with van der Waals surface area (Å²) in [6.07, 6.45) is 12.4. The first-order valence-electron chi connectivity index (χ1n) is 6.79. The van der Waals surface area contributed by atoms with E-state index in [4.69, 9.17) is 5.73 Å². The molecule has 1 heterocycles. The van der Waals surface area contributed by atoms with Gasteiger partial charge in [0, 0.05) is 17.9 Å². The zero-order chi connectivity index (χ0) is 12.1. The summed E-state index contributed by atoms with van der Waals surface area (Å²) in [6, 6.07) is 0.254. The van der Waals surface area contributed by atoms with Crippen LogP contribution in [0.2, 0.25) is 0 Å². The van der Waals surface area contributed by atoms with E-state index in [1.54, 1.807) is 6.33 Å². The number of aromatic nitrogens is 2. The molecule has 2 rings (SSSR count). The van der Waals surface area contributed by atoms with E-state index >= 15 is 0 Å². The van der Waals surface area contributed by atoms with E-state index < -0.39 is 0 Å². The zero-order valence-corrected chi connectivity index (χ0v) is 10.7. The largest absolute Gasteiger partial charge is 0.328 e. The smallest absolute Gasteiger partial charge is 0.115 e. The second-order valence-electron chi connectivity index (χ2n) is 5.37. The lowest BCUT2D eigenvalue weighted by Crippen LogP contribution is -2.16. The van der Waals surface area contributed by atoms with Crippen molar-refractivity contribution in [1.29, 1.82) is 0 Å². The predicted octanol–water partition coefficient (Wildman–Crippen LogP) is 2.49. The molecule has 1 unspecified atom stereocenters. The molecule has 0 spiro atoms. The Kier molecular flexibility index (Phi) is 4.49. The number of hydrogen-bond donors (Lipinski definition) is 1. The second-order valence-corrected chi connectivity index (χ2v) is 5.37. The minimum absolute atomic E-state index is 0.254. The van der Waals surface area contributed by atoms with Gasteiger partial charge >= 0.3 is 0 Å². The summed E-state index contributed by atoms with van der Waals surface area (Å²) in [5, 5.41) is 0. The molecule has 94 valence electrons. The number of hydrogen-bond acceptors (Lipinski definition) is 3. The van der Waals surface area contributed by atoms with E-state index in [1.807, 2.05) is 6.20 Å². The van der Waals surface area contributed by atoms with Crippen molar-refractivity contribution >= 4 is 0 Å². The van der Waals surface area contributed by atoms with Crippen molar-refractivity contribution in [2.75, 3.05) is 0 Å². The fourth-order valence-electron chi connectivity index (χ4n) is 2.67. The molecule has 1 aromatic rings. The standard InChI is InChI=1S/C14H23N3/c1-11(15)6-7-14-13(9-16-10-17-14)8-12-4-2-3-5-12/h9-12H,2-8,15H2,1H3. The van der Waals surface area contributed by atoms with E-state index in [2.05, 4.69) is 16.9 Å². The van der Waals surface area contributed by atoms with Gasteiger partial charge in [0.15, 0.2) is 0 Å². The Morgan fingerprint density at radius 1 is 1.41 bits per heavy atom. The van der Waals surface area contributed by atoms with Crippen molar-refractivity contribution in [2.24, 2.45) is 11.7 Å². The summed E-state index contributed by atoms with van der Waals surface area (Å²) in [4.78, 5) is 8.60. The molecule has 3 heteroatoms. The molecular weight excluding hydrogens is 210 g/mol. The third-order valence-corrected chi connectivity index (χ3v) is 3.70. The molecule has 0 radical (unpaired) electrons. The average Bonchev–Trinajstić information content (AvgIpc) is 2.80. The molecule has 0 saturated heterocycles. The van der Waals surface area contributed by atoms with Gasteiger partial charge < -0.3 is 5.73 Å². The topological polar surface area (TPSA) is 51.8 Å². The molecule has 1 saturated carbocycles. The van der Waals surface area contributed by atoms with Crippen LogP contribution in [0.25, 0.3) is 0 Å². The van der Waals surface area contributed by atoms with E-state index in [0.29, 0.717) is 0 Å². The Balaban J connectivity index is 1.99. The molecule has 1 aromatic heterocycles. The summed E-state index contributed by atoms with van der Waals surface area (Å²) in [5.74, 6) is 0.857. The van der Waals surface area contributed by atoms with Crippen molar-refractivity contribution < 1.29 is 0 Å². The minimum Gasteiger partial charge on any atom is -0.328 e. The predicted molar refractivity (Wildman–Crippen MR) is 69.7 cm³/mol. The van der Waals surface area contributed by atoms with Gasteiger partial charge in [0.2, 0.25) is 0 Å². The van der Waals surface area contributed by atoms with Crippen LogP contribution in [0.3, 0.4) is 0 Å². The van der Waals surface area contributed by atoms with Gasteiger partial charge in [0.1, 0.15) is 6.33 Å². The highest BCUT2D eigenvalue weighted by atomic mass is 14.8. The van der Waals surface area contributed by atoms with Crippen LogP contribution in [0.1, 0.15) is 50.3 Å². The number of nitrogens with zero attached hydrogens (tertiary/aromatic N) is 2. The Morgan fingerprint density at radius 2 is 2.18 bits per heavy atom. The molecule has 0 amide bonds. The minimum atomic E-state index is 0.254. The van der Waals surface area contributed by atoms with Crippen molar-refractivity contribution in [1.82, 2.24) is 9.97 Å². The summed E-state index contributed by atoms with van der Waals surface area (Å²) < 4.78 is 0. The van der Waals surface area contributed by atoms with Gasteiger partial charge in [0.25, 0.3) is 0 Å². The fourth-order valence-corrected chi connectivity index (χ4v) is 2.67. The normalized spacial score (nSPS) is 18.5. The van der Waals surface area contributed by atoms with Crippen molar-refractivity contribution in [2.45, 2.75) is 57.9 Å². The van der Waals surface area contributed by atoms with Crippen LogP contribution in [0.5, 0.6) is 0 Å². The lowest BCUT2D eigenvalue weighted by atomic mass is 9.96. The van der Waals surface area contributed by atoms with E-state index in [1.165, 1.54) is 36.9 Å². The Hall–Kier alpha value is -0.960. The van der Waals surface area contributed by atoms with Crippen LogP contribution in [-0.2, 0) is 12.8 Å². The van der Waals surface area contributed by atoms with Crippen LogP contribution in [0.15, 0.2) is 12.5 Å². The Morgan fingerprint density at radius 3 is 2.88 bits per heavy atom. The highest BCUT2D eigenvalue weighted by Gasteiger charge is 2.17. The Bertz CT molecular complexity index is 343. The van der Waals surface area contributed by atoms with E-state index in [-0.39, 0.29) is 6.04 Å². The van der Waals surface area contributed by atoms with Gasteiger partial charge in [-0.05, 0) is 37.7 Å². The Labute approximate surface area is 104 Å². The molecule has 1 fully saturated rings. The molecule has 3 nitrogen and oxygen atoms in total. The number of aryl methyl sites for hydroxylation is 1. The molecule has 0 bridgehead atoms. The highest BCUT2D eigenvalue weighted by molar-refractivity contribution is 5.17. The van der Waals surface area contributed by atoms with Crippen LogP contribution < -0.4 is 5.73 Å². The number of nitrogens with two attached hydrogens (primary N) is 1. The van der Waals surface area contributed by atoms with Gasteiger partial charge in [-0.1, -0.05) is 25.7 Å². The second kappa shape index (κ2) is 6.10. The third-order valence-electron chi connectivity index (χ3n) is 3.70. The first-order valence-corrected chi connectivity index (χ1v) is 6.79. The van der Waals surface area contributed by atoms with Crippen molar-refractivity contribution in [3.8, 4) is 0 Å². The van der Waals surface area contributed by atoms with Gasteiger partial charge in [-0.2, -0.15) is 0 Å². The van der Waals surface area contributed by atoms with Crippen LogP contribution in [-0.4, -0.2) is 16.0 Å². The van der Waals surface area contributed by atoms with E-state index in [9.17, 15) is 0 Å². The van der Waals surface area contributed by atoms with Gasteiger partial charge in [-0.25, -0.2) is 9.97 Å². The SMILES string of the molecule is CC(N)CCc1ncncc1CC1CCCC1. The molecule has 0 aromatic carbocycles. The van der Waals surface area contributed by atoms with Gasteiger partial charge in [0.05, 0.1) is 0 Å². The van der Waals surface area contributed by atoms with Crippen LogP contribution >= 0.6 is 0 Å². The fraction of sp³-hybridized carbons (Fsp3) is 0.714. The molecule has 0 aliphatic heterocycles. The molecule has 1 atom stereocenters. The van der Waals surface area contributed by atoms with Gasteiger partial charge in [-0.15, -0.1) is 0 Å². The summed E-state index contributed by atoms with van der Waals surface area (Å²) in [5.41, 5.74) is 8.37. The summed E-state index contributed by atoms with van der Waals surface area (Å²) in [7, 11) is 0. The van der Waals surface area contributed by atoms with Crippen LogP contribution in [0, 0.1) is 5.92 Å². The maximum Gasteiger partial charge on any atom is 0.115 e. The number of rotatable bonds is 5. The first kappa shape index (κ1) is 12.5. The van der Waals surface area contributed by atoms with Crippen molar-refractivity contribution in [3.63, 3.8) is 0 Å². The molecule has 1 aliphatic rings. The lowest BCUT2D eigenvalue weighted by Gasteiger charge is -2.12. The molecule has 1 aliphatic carbocycles. The quantitative estimate of drug-likeness (QED) is 0.850.